The molecule has 0 aromatic heterocycles. The molecule has 0 spiro atoms. The van der Waals surface area contributed by atoms with Gasteiger partial charge in [-0.1, -0.05) is 23.7 Å². The Balaban J connectivity index is 2.84. The third kappa shape index (κ3) is 2.45. The molecule has 1 rings (SSSR count). The van der Waals surface area contributed by atoms with Crippen molar-refractivity contribution >= 4 is 11.6 Å². The summed E-state index contributed by atoms with van der Waals surface area (Å²) >= 11 is 5.68. The van der Waals surface area contributed by atoms with Crippen molar-refractivity contribution in [1.82, 2.24) is 0 Å². The van der Waals surface area contributed by atoms with Gasteiger partial charge in [-0.15, -0.1) is 0 Å². The number of benzene rings is 1. The Labute approximate surface area is 82.4 Å². The van der Waals surface area contributed by atoms with Gasteiger partial charge in [0.1, 0.15) is 0 Å². The summed E-state index contributed by atoms with van der Waals surface area (Å²) in [6, 6.07) is 8.84. The van der Waals surface area contributed by atoms with Crippen LogP contribution >= 0.6 is 11.6 Å². The van der Waals surface area contributed by atoms with Crippen LogP contribution in [0.2, 0.25) is 5.02 Å². The fraction of sp³-hybridized carbons (Fsp3) is 0.300. The van der Waals surface area contributed by atoms with Gasteiger partial charge in [0.05, 0.1) is 18.1 Å². The smallest absolute Gasteiger partial charge is 0.0945 e. The second-order valence-electron chi connectivity index (χ2n) is 2.91. The van der Waals surface area contributed by atoms with Crippen LogP contribution < -0.4 is 0 Å². The topological polar surface area (TPSA) is 44.0 Å². The Hall–Kier alpha value is -1.04. The maximum absolute atomic E-state index is 9.61. The van der Waals surface area contributed by atoms with Crippen LogP contribution in [0.15, 0.2) is 24.3 Å². The SMILES string of the molecule is C[C@@H](C#N)[C@@H](O)c1ccc(Cl)cc1. The minimum absolute atomic E-state index is 0.402. The lowest BCUT2D eigenvalue weighted by molar-refractivity contribution is 0.143. The predicted molar refractivity (Wildman–Crippen MR) is 51.2 cm³/mol. The Kier molecular flexibility index (Phi) is 3.30. The van der Waals surface area contributed by atoms with Crippen molar-refractivity contribution in [3.05, 3.63) is 34.9 Å². The van der Waals surface area contributed by atoms with E-state index >= 15 is 0 Å². The van der Waals surface area contributed by atoms with Crippen LogP contribution in [0.1, 0.15) is 18.6 Å². The molecule has 2 atom stereocenters. The maximum atomic E-state index is 9.61. The number of aliphatic hydroxyl groups excluding tert-OH is 1. The summed E-state index contributed by atoms with van der Waals surface area (Å²) in [5.41, 5.74) is 0.721. The second kappa shape index (κ2) is 4.27. The maximum Gasteiger partial charge on any atom is 0.0945 e. The van der Waals surface area contributed by atoms with E-state index in [1.54, 1.807) is 31.2 Å². The third-order valence-electron chi connectivity index (χ3n) is 1.89. The summed E-state index contributed by atoms with van der Waals surface area (Å²) in [4.78, 5) is 0. The normalized spacial score (nSPS) is 14.6. The summed E-state index contributed by atoms with van der Waals surface area (Å²) in [6.07, 6.45) is -0.734. The van der Waals surface area contributed by atoms with Gasteiger partial charge in [-0.25, -0.2) is 0 Å². The summed E-state index contributed by atoms with van der Waals surface area (Å²) in [5.74, 6) is -0.402. The number of hydrogen-bond donors (Lipinski definition) is 1. The van der Waals surface area contributed by atoms with Crippen LogP contribution in [0.3, 0.4) is 0 Å². The first-order chi connectivity index (χ1) is 6.15. The highest BCUT2D eigenvalue weighted by Gasteiger charge is 2.14. The van der Waals surface area contributed by atoms with Gasteiger partial charge in [0.15, 0.2) is 0 Å². The zero-order chi connectivity index (χ0) is 9.84. The molecule has 0 unspecified atom stereocenters. The zero-order valence-corrected chi connectivity index (χ0v) is 7.99. The Morgan fingerprint density at radius 2 is 1.92 bits per heavy atom. The third-order valence-corrected chi connectivity index (χ3v) is 2.14. The molecule has 0 amide bonds. The molecule has 0 saturated carbocycles. The number of nitrogens with zero attached hydrogens (tertiary/aromatic N) is 1. The van der Waals surface area contributed by atoms with Crippen LogP contribution in [0.5, 0.6) is 0 Å². The lowest BCUT2D eigenvalue weighted by Crippen LogP contribution is -2.06. The molecule has 0 saturated heterocycles. The van der Waals surface area contributed by atoms with E-state index < -0.39 is 12.0 Å². The van der Waals surface area contributed by atoms with E-state index in [1.165, 1.54) is 0 Å². The van der Waals surface area contributed by atoms with Gasteiger partial charge < -0.3 is 5.11 Å². The molecule has 0 aliphatic carbocycles. The van der Waals surface area contributed by atoms with Crippen molar-refractivity contribution in [2.24, 2.45) is 5.92 Å². The highest BCUT2D eigenvalue weighted by atomic mass is 35.5. The first-order valence-corrected chi connectivity index (χ1v) is 4.36. The van der Waals surface area contributed by atoms with Gasteiger partial charge >= 0.3 is 0 Å². The minimum Gasteiger partial charge on any atom is -0.387 e. The molecular formula is C10H10ClNO. The van der Waals surface area contributed by atoms with E-state index in [9.17, 15) is 5.11 Å². The molecule has 13 heavy (non-hydrogen) atoms. The van der Waals surface area contributed by atoms with Crippen LogP contribution in [0, 0.1) is 17.2 Å². The Bertz CT molecular complexity index is 315. The van der Waals surface area contributed by atoms with Gasteiger partial charge in [-0.05, 0) is 24.6 Å². The van der Waals surface area contributed by atoms with Crippen LogP contribution in [0.4, 0.5) is 0 Å². The Morgan fingerprint density at radius 3 is 2.38 bits per heavy atom. The van der Waals surface area contributed by atoms with E-state index in [0.29, 0.717) is 5.02 Å². The Morgan fingerprint density at radius 1 is 1.38 bits per heavy atom. The number of nitriles is 1. The van der Waals surface area contributed by atoms with Crippen molar-refractivity contribution in [3.63, 3.8) is 0 Å². The highest BCUT2D eigenvalue weighted by Crippen LogP contribution is 2.22. The van der Waals surface area contributed by atoms with Crippen molar-refractivity contribution in [2.75, 3.05) is 0 Å². The van der Waals surface area contributed by atoms with Crippen molar-refractivity contribution in [3.8, 4) is 6.07 Å². The van der Waals surface area contributed by atoms with E-state index in [2.05, 4.69) is 0 Å². The highest BCUT2D eigenvalue weighted by molar-refractivity contribution is 6.30. The predicted octanol–water partition coefficient (Wildman–Crippen LogP) is 2.53. The van der Waals surface area contributed by atoms with Gasteiger partial charge in [0.2, 0.25) is 0 Å². The molecule has 0 radical (unpaired) electrons. The molecule has 1 aromatic carbocycles. The average molecular weight is 196 g/mol. The average Bonchev–Trinajstić information content (AvgIpc) is 2.17. The molecule has 68 valence electrons. The van der Waals surface area contributed by atoms with Gasteiger partial charge in [0, 0.05) is 5.02 Å². The molecule has 0 aliphatic rings. The fourth-order valence-corrected chi connectivity index (χ4v) is 1.15. The quantitative estimate of drug-likeness (QED) is 0.788. The number of rotatable bonds is 2. The summed E-state index contributed by atoms with van der Waals surface area (Å²) in [6.45, 7) is 1.68. The van der Waals surface area contributed by atoms with Crippen LogP contribution in [0.25, 0.3) is 0 Å². The first kappa shape index (κ1) is 10.0. The van der Waals surface area contributed by atoms with Crippen LogP contribution in [-0.4, -0.2) is 5.11 Å². The van der Waals surface area contributed by atoms with E-state index in [-0.39, 0.29) is 0 Å². The monoisotopic (exact) mass is 195 g/mol. The van der Waals surface area contributed by atoms with E-state index in [4.69, 9.17) is 16.9 Å². The number of hydrogen-bond acceptors (Lipinski definition) is 2. The van der Waals surface area contributed by atoms with Crippen molar-refractivity contribution < 1.29 is 5.11 Å². The van der Waals surface area contributed by atoms with Crippen molar-refractivity contribution in [1.29, 1.82) is 5.26 Å². The number of halogens is 1. The summed E-state index contributed by atoms with van der Waals surface area (Å²) < 4.78 is 0. The molecule has 0 fully saturated rings. The molecule has 0 bridgehead atoms. The molecule has 3 heteroatoms. The lowest BCUT2D eigenvalue weighted by atomic mass is 9.99. The minimum atomic E-state index is -0.734. The molecular weight excluding hydrogens is 186 g/mol. The first-order valence-electron chi connectivity index (χ1n) is 3.98. The molecule has 0 heterocycles. The second-order valence-corrected chi connectivity index (χ2v) is 3.35. The van der Waals surface area contributed by atoms with E-state index in [0.717, 1.165) is 5.56 Å². The summed E-state index contributed by atoms with van der Waals surface area (Å²) in [7, 11) is 0. The molecule has 2 nitrogen and oxygen atoms in total. The number of aliphatic hydroxyl groups is 1. The van der Waals surface area contributed by atoms with Crippen LogP contribution in [-0.2, 0) is 0 Å². The molecule has 1 N–H and O–H groups in total. The van der Waals surface area contributed by atoms with Gasteiger partial charge in [-0.3, -0.25) is 0 Å². The molecule has 0 aliphatic heterocycles. The van der Waals surface area contributed by atoms with E-state index in [1.807, 2.05) is 6.07 Å². The van der Waals surface area contributed by atoms with Gasteiger partial charge in [0.25, 0.3) is 0 Å². The summed E-state index contributed by atoms with van der Waals surface area (Å²) in [5, 5.41) is 18.8. The zero-order valence-electron chi connectivity index (χ0n) is 7.24. The van der Waals surface area contributed by atoms with Gasteiger partial charge in [-0.2, -0.15) is 5.26 Å². The standard InChI is InChI=1S/C10H10ClNO/c1-7(6-12)10(13)8-2-4-9(11)5-3-8/h2-5,7,10,13H,1H3/t7-,10+/m0/s1. The largest absolute Gasteiger partial charge is 0.387 e. The van der Waals surface area contributed by atoms with Crippen molar-refractivity contribution in [2.45, 2.75) is 13.0 Å². The fourth-order valence-electron chi connectivity index (χ4n) is 1.02. The molecule has 1 aromatic rings. The lowest BCUT2D eigenvalue weighted by Gasteiger charge is -2.12.